The highest BCUT2D eigenvalue weighted by atomic mass is 127. The van der Waals surface area contributed by atoms with Crippen molar-refractivity contribution in [1.82, 2.24) is 10.2 Å². The van der Waals surface area contributed by atoms with Gasteiger partial charge in [-0.25, -0.2) is 0 Å². The number of anilines is 2. The molecule has 2 atom stereocenters. The minimum absolute atomic E-state index is 0.151. The minimum Gasteiger partial charge on any atom is -0.418 e. The van der Waals surface area contributed by atoms with Crippen LogP contribution in [-0.4, -0.2) is 27.3 Å². The Hall–Kier alpha value is -2.97. The number of aliphatic hydroxyl groups excluding tert-OH is 1. The summed E-state index contributed by atoms with van der Waals surface area (Å²) in [6.07, 6.45) is -0.812. The van der Waals surface area contributed by atoms with Gasteiger partial charge in [0.15, 0.2) is 0 Å². The molecule has 154 valence electrons. The Bertz CT molecular complexity index is 1100. The summed E-state index contributed by atoms with van der Waals surface area (Å²) < 4.78 is 6.66. The van der Waals surface area contributed by atoms with Gasteiger partial charge in [-0.15, -0.1) is 10.2 Å². The van der Waals surface area contributed by atoms with Gasteiger partial charge < -0.3 is 20.2 Å². The molecule has 8 nitrogen and oxygen atoms in total. The average Bonchev–Trinajstić information content (AvgIpc) is 3.18. The van der Waals surface area contributed by atoms with Crippen molar-refractivity contribution in [3.8, 4) is 17.5 Å². The van der Waals surface area contributed by atoms with Gasteiger partial charge in [0.25, 0.3) is 0 Å². The zero-order valence-electron chi connectivity index (χ0n) is 16.6. The van der Waals surface area contributed by atoms with Gasteiger partial charge in [0.2, 0.25) is 17.7 Å². The van der Waals surface area contributed by atoms with Crippen LogP contribution in [0.2, 0.25) is 0 Å². The molecule has 0 spiro atoms. The molecule has 0 aliphatic rings. The van der Waals surface area contributed by atoms with E-state index >= 15 is 0 Å². The highest BCUT2D eigenvalue weighted by Crippen LogP contribution is 2.30. The quantitative estimate of drug-likeness (QED) is 0.422. The lowest BCUT2D eigenvalue weighted by molar-refractivity contribution is -0.114. The summed E-state index contributed by atoms with van der Waals surface area (Å²) in [4.78, 5) is 11.1. The monoisotopic (exact) mass is 517 g/mol. The number of rotatable bonds is 6. The van der Waals surface area contributed by atoms with E-state index in [1.807, 2.05) is 6.92 Å². The Morgan fingerprint density at radius 3 is 2.53 bits per heavy atom. The predicted octanol–water partition coefficient (Wildman–Crippen LogP) is 4.01. The molecule has 1 aromatic heterocycles. The van der Waals surface area contributed by atoms with Gasteiger partial charge in [-0.3, -0.25) is 4.79 Å². The lowest BCUT2D eigenvalue weighted by Gasteiger charge is -2.21. The van der Waals surface area contributed by atoms with Crippen LogP contribution < -0.4 is 10.6 Å². The molecule has 3 aromatic rings. The van der Waals surface area contributed by atoms with E-state index in [1.165, 1.54) is 6.92 Å². The Morgan fingerprint density at radius 1 is 1.23 bits per heavy atom. The van der Waals surface area contributed by atoms with E-state index in [1.54, 1.807) is 43.3 Å². The summed E-state index contributed by atoms with van der Waals surface area (Å²) in [6, 6.07) is 12.1. The molecule has 1 heterocycles. The Balaban J connectivity index is 1.85. The van der Waals surface area contributed by atoms with Crippen LogP contribution in [0.3, 0.4) is 0 Å². The number of nitriles is 1. The molecule has 0 aliphatic carbocycles. The molecule has 2 aromatic carbocycles. The van der Waals surface area contributed by atoms with Crippen molar-refractivity contribution in [3.05, 3.63) is 57.0 Å². The minimum atomic E-state index is -0.812. The van der Waals surface area contributed by atoms with Crippen LogP contribution in [0.25, 0.3) is 11.5 Å². The summed E-state index contributed by atoms with van der Waals surface area (Å²) >= 11 is 2.13. The SMILES string of the molecule is CC(=O)Nc1ccc(-c2nnc([C@H](Nc3ccc(C#N)c(I)c3C)[C@H](C)O)o2)cc1. The maximum absolute atomic E-state index is 11.1. The first-order valence-corrected chi connectivity index (χ1v) is 10.2. The zero-order chi connectivity index (χ0) is 21.8. The number of aliphatic hydroxyl groups is 1. The van der Waals surface area contributed by atoms with Gasteiger partial charge in [-0.2, -0.15) is 5.26 Å². The molecule has 3 N–H and O–H groups in total. The molecule has 0 saturated heterocycles. The molecule has 0 radical (unpaired) electrons. The Kier molecular flexibility index (Phi) is 6.69. The second-order valence-corrected chi connectivity index (χ2v) is 7.86. The molecule has 0 bridgehead atoms. The zero-order valence-corrected chi connectivity index (χ0v) is 18.8. The summed E-state index contributed by atoms with van der Waals surface area (Å²) in [7, 11) is 0. The van der Waals surface area contributed by atoms with Crippen LogP contribution in [0, 0.1) is 21.8 Å². The number of hydrogen-bond acceptors (Lipinski definition) is 7. The van der Waals surface area contributed by atoms with E-state index < -0.39 is 12.1 Å². The molecular weight excluding hydrogens is 497 g/mol. The van der Waals surface area contributed by atoms with Crippen molar-refractivity contribution in [3.63, 3.8) is 0 Å². The molecule has 0 aliphatic heterocycles. The van der Waals surface area contributed by atoms with Gasteiger partial charge in [-0.05, 0) is 78.4 Å². The maximum Gasteiger partial charge on any atom is 0.247 e. The molecule has 3 rings (SSSR count). The van der Waals surface area contributed by atoms with Gasteiger partial charge in [0.05, 0.1) is 11.7 Å². The van der Waals surface area contributed by atoms with Crippen molar-refractivity contribution < 1.29 is 14.3 Å². The number of halogens is 1. The third kappa shape index (κ3) is 4.77. The lowest BCUT2D eigenvalue weighted by atomic mass is 10.1. The standard InChI is InChI=1S/C21H20IN5O3/c1-11-17(9-6-15(10-23)18(11)22)25-19(12(2)28)21-27-26-20(30-21)14-4-7-16(8-5-14)24-13(3)29/h4-9,12,19,25,28H,1-3H3,(H,24,29)/t12-,19+/m0/s1. The van der Waals surface area contributed by atoms with Gasteiger partial charge in [-0.1, -0.05) is 0 Å². The fraction of sp³-hybridized carbons (Fsp3) is 0.238. The number of amides is 1. The molecule has 0 saturated carbocycles. The first kappa shape index (κ1) is 21.7. The summed E-state index contributed by atoms with van der Waals surface area (Å²) in [5.41, 5.74) is 3.61. The molecular formula is C21H20IN5O3. The molecule has 9 heteroatoms. The van der Waals surface area contributed by atoms with E-state index in [4.69, 9.17) is 4.42 Å². The van der Waals surface area contributed by atoms with Gasteiger partial charge >= 0.3 is 0 Å². The van der Waals surface area contributed by atoms with E-state index in [0.29, 0.717) is 22.7 Å². The number of carbonyl (C=O) groups is 1. The number of aromatic nitrogens is 2. The second kappa shape index (κ2) is 9.23. The molecule has 1 amide bonds. The van der Waals surface area contributed by atoms with Crippen molar-refractivity contribution in [2.75, 3.05) is 10.6 Å². The summed E-state index contributed by atoms with van der Waals surface area (Å²) in [6.45, 7) is 4.98. The maximum atomic E-state index is 11.1. The second-order valence-electron chi connectivity index (χ2n) is 6.78. The van der Waals surface area contributed by atoms with Crippen LogP contribution in [0.15, 0.2) is 40.8 Å². The fourth-order valence-electron chi connectivity index (χ4n) is 2.86. The van der Waals surface area contributed by atoms with Crippen molar-refractivity contribution in [2.45, 2.75) is 32.9 Å². The van der Waals surface area contributed by atoms with E-state index in [-0.39, 0.29) is 11.8 Å². The van der Waals surface area contributed by atoms with Gasteiger partial charge in [0.1, 0.15) is 12.1 Å². The first-order chi connectivity index (χ1) is 14.3. The largest absolute Gasteiger partial charge is 0.418 e. The lowest BCUT2D eigenvalue weighted by Crippen LogP contribution is -2.23. The molecule has 0 fully saturated rings. The number of nitrogens with zero attached hydrogens (tertiary/aromatic N) is 3. The Morgan fingerprint density at radius 2 is 1.93 bits per heavy atom. The van der Waals surface area contributed by atoms with E-state index in [2.05, 4.69) is 49.5 Å². The molecule has 0 unspecified atom stereocenters. The van der Waals surface area contributed by atoms with Crippen LogP contribution in [0.5, 0.6) is 0 Å². The van der Waals surface area contributed by atoms with Crippen molar-refractivity contribution >= 4 is 39.9 Å². The van der Waals surface area contributed by atoms with E-state index in [0.717, 1.165) is 14.8 Å². The van der Waals surface area contributed by atoms with Crippen LogP contribution >= 0.6 is 22.6 Å². The highest BCUT2D eigenvalue weighted by molar-refractivity contribution is 14.1. The number of carbonyl (C=O) groups excluding carboxylic acids is 1. The van der Waals surface area contributed by atoms with Crippen LogP contribution in [-0.2, 0) is 4.79 Å². The smallest absolute Gasteiger partial charge is 0.247 e. The predicted molar refractivity (Wildman–Crippen MR) is 121 cm³/mol. The first-order valence-electron chi connectivity index (χ1n) is 9.15. The third-order valence-electron chi connectivity index (χ3n) is 4.46. The summed E-state index contributed by atoms with van der Waals surface area (Å²) in [5.74, 6) is 0.393. The number of benzene rings is 2. The average molecular weight is 517 g/mol. The van der Waals surface area contributed by atoms with Crippen LogP contribution in [0.1, 0.15) is 36.9 Å². The summed E-state index contributed by atoms with van der Waals surface area (Å²) in [5, 5.41) is 33.6. The van der Waals surface area contributed by atoms with E-state index in [9.17, 15) is 15.2 Å². The Labute approximate surface area is 187 Å². The third-order valence-corrected chi connectivity index (χ3v) is 5.85. The van der Waals surface area contributed by atoms with Crippen molar-refractivity contribution in [1.29, 1.82) is 5.26 Å². The highest BCUT2D eigenvalue weighted by Gasteiger charge is 2.25. The van der Waals surface area contributed by atoms with Crippen LogP contribution in [0.4, 0.5) is 11.4 Å². The number of nitrogens with one attached hydrogen (secondary N) is 2. The topological polar surface area (TPSA) is 124 Å². The van der Waals surface area contributed by atoms with Gasteiger partial charge in [0, 0.05) is 27.4 Å². The fourth-order valence-corrected chi connectivity index (χ4v) is 3.45. The normalized spacial score (nSPS) is 12.7. The molecule has 30 heavy (non-hydrogen) atoms. The number of hydrogen-bond donors (Lipinski definition) is 3. The van der Waals surface area contributed by atoms with Crippen molar-refractivity contribution in [2.24, 2.45) is 0 Å².